The number of aliphatic hydroxyl groups is 1. The Kier molecular flexibility index (Phi) is 15.2. The van der Waals surface area contributed by atoms with Crippen LogP contribution in [0.1, 0.15) is 110 Å². The molecular formula is C54H68ClN11O4S2. The van der Waals surface area contributed by atoms with Crippen molar-refractivity contribution in [3.05, 3.63) is 116 Å². The molecule has 3 saturated heterocycles. The van der Waals surface area contributed by atoms with E-state index in [1.807, 2.05) is 72.5 Å². The number of likely N-dealkylation sites (tertiary alicyclic amines) is 2. The van der Waals surface area contributed by atoms with E-state index in [2.05, 4.69) is 93.5 Å². The number of thiazole rings is 1. The summed E-state index contributed by atoms with van der Waals surface area (Å²) in [5.74, 6) is 1.21. The maximum Gasteiger partial charge on any atom is 0.243 e. The lowest BCUT2D eigenvalue weighted by molar-refractivity contribution is -0.134. The molecule has 382 valence electrons. The van der Waals surface area contributed by atoms with Gasteiger partial charge in [0.2, 0.25) is 17.7 Å². The molecule has 5 atom stereocenters. The number of hydrogen-bond donors (Lipinski definition) is 3. The van der Waals surface area contributed by atoms with Crippen LogP contribution >= 0.6 is 34.3 Å². The molecule has 7 heterocycles. The van der Waals surface area contributed by atoms with Gasteiger partial charge in [-0.1, -0.05) is 75.3 Å². The van der Waals surface area contributed by atoms with E-state index in [1.54, 1.807) is 22.7 Å². The third-order valence-electron chi connectivity index (χ3n) is 15.1. The van der Waals surface area contributed by atoms with Crippen molar-refractivity contribution in [1.29, 1.82) is 0 Å². The Balaban J connectivity index is 0.766. The summed E-state index contributed by atoms with van der Waals surface area (Å²) in [6.07, 6.45) is 1.61. The fourth-order valence-electron chi connectivity index (χ4n) is 10.9. The number of hydrogen-bond acceptors (Lipinski definition) is 13. The van der Waals surface area contributed by atoms with Crippen LogP contribution in [0.5, 0.6) is 0 Å². The number of β-amino-alcohol motifs (C(OH)–C–C–N with tert-alkyl or cyclic N) is 1. The lowest BCUT2D eigenvalue weighted by Crippen LogP contribution is -2.56. The van der Waals surface area contributed by atoms with Gasteiger partial charge in [-0.3, -0.25) is 33.7 Å². The number of aliphatic hydroxyl groups excluding tert-OH is 1. The summed E-state index contributed by atoms with van der Waals surface area (Å²) in [5.41, 5.74) is 9.08. The second-order valence-corrected chi connectivity index (χ2v) is 23.6. The van der Waals surface area contributed by atoms with Crippen LogP contribution in [-0.2, 0) is 14.4 Å². The normalized spacial score (nSPS) is 20.9. The largest absolute Gasteiger partial charge is 0.391 e. The Morgan fingerprint density at radius 2 is 1.60 bits per heavy atom. The van der Waals surface area contributed by atoms with Crippen molar-refractivity contribution in [1.82, 2.24) is 50.0 Å². The first kappa shape index (κ1) is 51.6. The number of aromatic nitrogens is 4. The molecule has 3 amide bonds. The van der Waals surface area contributed by atoms with E-state index in [4.69, 9.17) is 16.6 Å². The van der Waals surface area contributed by atoms with E-state index in [1.165, 1.54) is 4.88 Å². The molecule has 4 aliphatic rings. The first-order chi connectivity index (χ1) is 34.3. The number of nitrogens with zero attached hydrogens (tertiary/aromatic N) is 9. The van der Waals surface area contributed by atoms with E-state index < -0.39 is 29.6 Å². The fraction of sp³-hybridized carbons (Fsp3) is 0.500. The lowest BCUT2D eigenvalue weighted by atomic mass is 9.84. The molecular weight excluding hydrogens is 966 g/mol. The van der Waals surface area contributed by atoms with Crippen LogP contribution in [0, 0.1) is 33.1 Å². The summed E-state index contributed by atoms with van der Waals surface area (Å²) in [6.45, 7) is 25.7. The number of piperidine rings is 1. The smallest absolute Gasteiger partial charge is 0.243 e. The second kappa shape index (κ2) is 21.3. The Morgan fingerprint density at radius 1 is 0.917 bits per heavy atom. The SMILES string of the molecule is C=C([C@@H](NC(=O)CN1CCC(N2CCN(C(=O)C[C@@H]3N=C(c4ccc(Cl)cc4)c4c(sc(C)c4C)-n4c(C)nnc43)CC2)CC1)C(C)(C)C)N1C[C@H](O)C[C@H]1C(=O)N[C@@H](C)c1ccc(-c2scnc2C)cc1. The number of piperazine rings is 1. The van der Waals surface area contributed by atoms with E-state index in [9.17, 15) is 19.5 Å². The topological polar surface area (TPSA) is 164 Å². The van der Waals surface area contributed by atoms with Gasteiger partial charge in [0.1, 0.15) is 22.9 Å². The van der Waals surface area contributed by atoms with Gasteiger partial charge in [0.15, 0.2) is 5.82 Å². The lowest BCUT2D eigenvalue weighted by Gasteiger charge is -2.43. The molecule has 5 aromatic rings. The average Bonchev–Trinajstić information content (AvgIpc) is 4.13. The number of fused-ring (bicyclic) bond motifs is 3. The molecule has 3 aromatic heterocycles. The zero-order valence-corrected chi connectivity index (χ0v) is 45.1. The predicted octanol–water partition coefficient (Wildman–Crippen LogP) is 7.59. The number of thiophene rings is 1. The summed E-state index contributed by atoms with van der Waals surface area (Å²) in [5, 5.41) is 28.1. The molecule has 72 heavy (non-hydrogen) atoms. The van der Waals surface area contributed by atoms with Crippen molar-refractivity contribution >= 4 is 57.7 Å². The molecule has 15 nitrogen and oxygen atoms in total. The van der Waals surface area contributed by atoms with E-state index >= 15 is 0 Å². The van der Waals surface area contributed by atoms with E-state index in [0.717, 1.165) is 93.9 Å². The Hall–Kier alpha value is -5.30. The zero-order chi connectivity index (χ0) is 51.2. The van der Waals surface area contributed by atoms with Crippen LogP contribution in [0.15, 0.2) is 71.3 Å². The van der Waals surface area contributed by atoms with Gasteiger partial charge in [0, 0.05) is 85.0 Å². The Bertz CT molecular complexity index is 2830. The van der Waals surface area contributed by atoms with Gasteiger partial charge in [0.05, 0.1) is 52.9 Å². The van der Waals surface area contributed by atoms with Crippen molar-refractivity contribution in [2.45, 2.75) is 117 Å². The highest BCUT2D eigenvalue weighted by molar-refractivity contribution is 7.15. The maximum atomic E-state index is 14.2. The highest BCUT2D eigenvalue weighted by Crippen LogP contribution is 2.40. The summed E-state index contributed by atoms with van der Waals surface area (Å²) in [7, 11) is 0. The van der Waals surface area contributed by atoms with Gasteiger partial charge in [-0.05, 0) is 81.7 Å². The molecule has 3 N–H and O–H groups in total. The highest BCUT2D eigenvalue weighted by Gasteiger charge is 2.42. The third kappa shape index (κ3) is 10.8. The first-order valence-corrected chi connectivity index (χ1v) is 27.3. The molecule has 0 saturated carbocycles. The van der Waals surface area contributed by atoms with Crippen molar-refractivity contribution in [3.8, 4) is 15.4 Å². The summed E-state index contributed by atoms with van der Waals surface area (Å²) >= 11 is 9.62. The number of rotatable bonds is 13. The molecule has 0 bridgehead atoms. The van der Waals surface area contributed by atoms with Crippen LogP contribution in [-0.4, -0.2) is 144 Å². The minimum atomic E-state index is -0.704. The summed E-state index contributed by atoms with van der Waals surface area (Å²) in [6, 6.07) is 14.4. The van der Waals surface area contributed by atoms with Gasteiger partial charge < -0.3 is 25.5 Å². The van der Waals surface area contributed by atoms with Crippen LogP contribution in [0.25, 0.3) is 15.4 Å². The molecule has 0 unspecified atom stereocenters. The average molecular weight is 1030 g/mol. The monoisotopic (exact) mass is 1030 g/mol. The minimum Gasteiger partial charge on any atom is -0.391 e. The van der Waals surface area contributed by atoms with Crippen LogP contribution in [0.3, 0.4) is 0 Å². The van der Waals surface area contributed by atoms with E-state index in [-0.39, 0.29) is 49.7 Å². The van der Waals surface area contributed by atoms with Crippen LogP contribution in [0.2, 0.25) is 5.02 Å². The highest BCUT2D eigenvalue weighted by atomic mass is 35.5. The molecule has 0 spiro atoms. The summed E-state index contributed by atoms with van der Waals surface area (Å²) in [4.78, 5) is 62.5. The third-order valence-corrected chi connectivity index (χ3v) is 17.5. The van der Waals surface area contributed by atoms with Crippen molar-refractivity contribution in [2.75, 3.05) is 52.4 Å². The number of benzene rings is 2. The van der Waals surface area contributed by atoms with Crippen molar-refractivity contribution < 1.29 is 19.5 Å². The predicted molar refractivity (Wildman–Crippen MR) is 286 cm³/mol. The number of carbonyl (C=O) groups excluding carboxylic acids is 3. The quantitative estimate of drug-likeness (QED) is 0.107. The first-order valence-electron chi connectivity index (χ1n) is 25.2. The Morgan fingerprint density at radius 3 is 2.25 bits per heavy atom. The van der Waals surface area contributed by atoms with E-state index in [0.29, 0.717) is 35.7 Å². The molecule has 3 fully saturated rings. The molecule has 4 aliphatic heterocycles. The molecule has 2 aromatic carbocycles. The standard InChI is InChI=1S/C54H68ClN11O4S2/c1-31-35(5)72-53-47(31)48(38-14-16-40(55)17-15-38)58-43(51-61-60-36(6)66(51)53)27-46(69)64-24-22-63(23-25-64)41-18-20-62(21-19-41)29-45(68)59-50(54(7,8)9)34(4)65-28-42(67)26-44(65)52(70)57-32(2)37-10-12-39(13-11-37)49-33(3)56-30-71-49/h10-17,30,32,41-44,50,67H,4,18-29H2,1-3,5-9H3,(H,57,70)(H,59,68)/t32-,42+,43-,44-,50+/m0/s1. The molecule has 18 heteroatoms. The number of nitrogens with one attached hydrogen (secondary N) is 2. The van der Waals surface area contributed by atoms with Gasteiger partial charge in [-0.25, -0.2) is 4.98 Å². The second-order valence-electron chi connectivity index (χ2n) is 21.1. The minimum absolute atomic E-state index is 0.0517. The van der Waals surface area contributed by atoms with Gasteiger partial charge in [-0.15, -0.1) is 32.9 Å². The molecule has 9 rings (SSSR count). The summed E-state index contributed by atoms with van der Waals surface area (Å²) < 4.78 is 2.09. The van der Waals surface area contributed by atoms with Gasteiger partial charge >= 0.3 is 0 Å². The van der Waals surface area contributed by atoms with Gasteiger partial charge in [-0.2, -0.15) is 0 Å². The Labute approximate surface area is 436 Å². The molecule has 0 radical (unpaired) electrons. The fourth-order valence-corrected chi connectivity index (χ4v) is 13.0. The van der Waals surface area contributed by atoms with Crippen molar-refractivity contribution in [2.24, 2.45) is 10.4 Å². The van der Waals surface area contributed by atoms with Crippen molar-refractivity contribution in [3.63, 3.8) is 0 Å². The zero-order valence-electron chi connectivity index (χ0n) is 42.7. The number of halogens is 1. The maximum absolute atomic E-state index is 14.2. The molecule has 0 aliphatic carbocycles. The number of aryl methyl sites for hydroxylation is 3. The van der Waals surface area contributed by atoms with Crippen LogP contribution < -0.4 is 10.6 Å². The number of aliphatic imine (C=N–C) groups is 1. The van der Waals surface area contributed by atoms with Gasteiger partial charge in [0.25, 0.3) is 0 Å². The number of carbonyl (C=O) groups is 3. The number of amides is 3. The van der Waals surface area contributed by atoms with Crippen LogP contribution in [0.4, 0.5) is 0 Å².